The molecule has 5 heterocycles. The zero-order valence-electron chi connectivity index (χ0n) is 20.3. The second-order valence-electron chi connectivity index (χ2n) is 8.53. The second-order valence-corrected chi connectivity index (χ2v) is 11.6. The summed E-state index contributed by atoms with van der Waals surface area (Å²) in [6.45, 7) is 5.23. The first-order valence-electron chi connectivity index (χ1n) is 11.9. The summed E-state index contributed by atoms with van der Waals surface area (Å²) in [7, 11) is 0. The number of aromatic carboxylic acids is 1. The van der Waals surface area contributed by atoms with Gasteiger partial charge in [-0.15, -0.1) is 22.7 Å². The molecule has 1 saturated carbocycles. The van der Waals surface area contributed by atoms with Crippen molar-refractivity contribution in [3.05, 3.63) is 32.0 Å². The number of carboxylic acid groups (broad SMARTS) is 1. The van der Waals surface area contributed by atoms with Gasteiger partial charge in [-0.3, -0.25) is 4.79 Å². The lowest BCUT2D eigenvalue weighted by molar-refractivity contribution is 0.0692. The first kappa shape index (κ1) is 32.7. The van der Waals surface area contributed by atoms with E-state index in [9.17, 15) is 9.59 Å². The zero-order valence-corrected chi connectivity index (χ0v) is 23.5. The van der Waals surface area contributed by atoms with Crippen LogP contribution in [0.4, 0.5) is 0 Å². The summed E-state index contributed by atoms with van der Waals surface area (Å²) >= 11 is 14.1. The Morgan fingerprint density at radius 1 is 0.692 bits per heavy atom. The summed E-state index contributed by atoms with van der Waals surface area (Å²) in [6.07, 6.45) is 9.60. The van der Waals surface area contributed by atoms with Gasteiger partial charge in [0.05, 0.1) is 10.0 Å². The third kappa shape index (κ3) is 8.23. The van der Waals surface area contributed by atoms with Crippen LogP contribution in [0.2, 0.25) is 10.6 Å². The molecule has 1 aliphatic heterocycles. The van der Waals surface area contributed by atoms with Crippen molar-refractivity contribution in [1.29, 1.82) is 0 Å². The summed E-state index contributed by atoms with van der Waals surface area (Å²) < 4.78 is 1.19. The summed E-state index contributed by atoms with van der Waals surface area (Å²) in [6, 6.07) is 0. The first-order valence-corrected chi connectivity index (χ1v) is 14.3. The number of hydrogen-bond acceptors (Lipinski definition) is 10. The number of rotatable bonds is 2. The van der Waals surface area contributed by atoms with Crippen molar-refractivity contribution in [2.75, 3.05) is 13.1 Å². The van der Waals surface area contributed by atoms with Crippen LogP contribution in [0.3, 0.4) is 0 Å². The number of aryl methyl sites for hydroxylation is 2. The van der Waals surface area contributed by atoms with Crippen molar-refractivity contribution in [1.82, 2.24) is 34.8 Å². The summed E-state index contributed by atoms with van der Waals surface area (Å²) in [5.41, 5.74) is 1.15. The highest BCUT2D eigenvalue weighted by Gasteiger charge is 2.25. The van der Waals surface area contributed by atoms with Crippen LogP contribution in [-0.2, 0) is 0 Å². The van der Waals surface area contributed by atoms with Crippen molar-refractivity contribution in [2.24, 2.45) is 0 Å². The number of amides is 1. The lowest BCUT2D eigenvalue weighted by Crippen LogP contribution is -2.28. The van der Waals surface area contributed by atoms with Crippen molar-refractivity contribution < 1.29 is 14.7 Å². The molecule has 1 aliphatic carbocycles. The van der Waals surface area contributed by atoms with E-state index in [1.165, 1.54) is 54.8 Å². The summed E-state index contributed by atoms with van der Waals surface area (Å²) in [4.78, 5) is 48.9. The molecule has 0 spiro atoms. The smallest absolute Gasteiger partial charge is 0.356 e. The van der Waals surface area contributed by atoms with Crippen LogP contribution in [-0.4, -0.2) is 64.9 Å². The van der Waals surface area contributed by atoms with Gasteiger partial charge in [0.1, 0.15) is 9.40 Å². The molecule has 14 heteroatoms. The first-order chi connectivity index (χ1) is 17.7. The molecule has 1 saturated heterocycles. The van der Waals surface area contributed by atoms with Crippen molar-refractivity contribution in [3.63, 3.8) is 0 Å². The molecule has 0 atom stereocenters. The lowest BCUT2D eigenvalue weighted by Gasteiger charge is -2.14. The highest BCUT2D eigenvalue weighted by Crippen LogP contribution is 2.26. The second kappa shape index (κ2) is 14.7. The number of carboxylic acids is 1. The minimum absolute atomic E-state index is 0. The average Bonchev–Trinajstić information content (AvgIpc) is 3.65. The number of halogens is 2. The van der Waals surface area contributed by atoms with E-state index in [0.29, 0.717) is 21.7 Å². The summed E-state index contributed by atoms with van der Waals surface area (Å²) in [5.74, 6) is -1.19. The highest BCUT2D eigenvalue weighted by atomic mass is 35.5. The van der Waals surface area contributed by atoms with Crippen LogP contribution >= 0.6 is 45.9 Å². The molecule has 1 N–H and O–H groups in total. The molecule has 2 fully saturated rings. The molecule has 39 heavy (non-hydrogen) atoms. The molecular formula is C25H33Cl2N7O3S2. The predicted octanol–water partition coefficient (Wildman–Crippen LogP) is 7.25. The van der Waals surface area contributed by atoms with Crippen molar-refractivity contribution in [2.45, 2.75) is 73.6 Å². The van der Waals surface area contributed by atoms with E-state index >= 15 is 0 Å². The topological polar surface area (TPSA) is 135 Å². The maximum absolute atomic E-state index is 12.4. The van der Waals surface area contributed by atoms with Gasteiger partial charge in [-0.1, -0.05) is 47.0 Å². The number of thiazole rings is 2. The molecule has 2 aliphatic rings. The lowest BCUT2D eigenvalue weighted by atomic mass is 10.3. The van der Waals surface area contributed by atoms with Crippen LogP contribution in [0, 0.1) is 13.8 Å². The van der Waals surface area contributed by atoms with Gasteiger partial charge in [-0.05, 0) is 49.9 Å². The Morgan fingerprint density at radius 3 is 1.54 bits per heavy atom. The monoisotopic (exact) mass is 613 g/mol. The Hall–Kier alpha value is -2.54. The number of nitrogens with zero attached hydrogens (tertiary/aromatic N) is 7. The fourth-order valence-electron chi connectivity index (χ4n) is 4.05. The van der Waals surface area contributed by atoms with E-state index in [-0.39, 0.29) is 37.0 Å². The van der Waals surface area contributed by atoms with E-state index < -0.39 is 5.97 Å². The standard InChI is InChI=1S/C11H11ClN4OS.C7H4ClN3O2S.C5H10.2CH4/c1-6-13-9-8(18-6)7(14-11(12)15-9)10(17)16-4-2-3-5-16;1-2-9-5-4(14-2)3(6(12)13)10-7(8)11-5;1-2-4-5-3-1;;/h2-5H2,1H3;1H3,(H,12,13);1-5H2;2*1H4. The quantitative estimate of drug-likeness (QED) is 0.232. The Morgan fingerprint density at radius 2 is 1.10 bits per heavy atom. The molecule has 0 unspecified atom stereocenters. The largest absolute Gasteiger partial charge is 0.476 e. The molecule has 6 rings (SSSR count). The number of carbonyl (C=O) groups excluding carboxylic acids is 1. The number of aromatic nitrogens is 6. The Bertz CT molecular complexity index is 1430. The van der Waals surface area contributed by atoms with Gasteiger partial charge >= 0.3 is 5.97 Å². The molecule has 0 aromatic carbocycles. The van der Waals surface area contributed by atoms with E-state index in [2.05, 4.69) is 29.9 Å². The molecule has 0 radical (unpaired) electrons. The molecule has 212 valence electrons. The number of fused-ring (bicyclic) bond motifs is 2. The molecule has 0 bridgehead atoms. The SMILES string of the molecule is C.C.C1CCCC1.Cc1nc2nc(Cl)nc(C(=O)N3CCCC3)c2s1.Cc1nc2nc(Cl)nc(C(=O)O)c2s1. The van der Waals surface area contributed by atoms with Crippen LogP contribution in [0.25, 0.3) is 20.7 Å². The number of likely N-dealkylation sites (tertiary alicyclic amines) is 1. The molecule has 4 aromatic heterocycles. The number of hydrogen-bond donors (Lipinski definition) is 1. The van der Waals surface area contributed by atoms with E-state index in [1.54, 1.807) is 6.92 Å². The van der Waals surface area contributed by atoms with E-state index in [1.807, 2.05) is 11.8 Å². The van der Waals surface area contributed by atoms with Gasteiger partial charge in [0.15, 0.2) is 22.7 Å². The van der Waals surface area contributed by atoms with Crippen molar-refractivity contribution in [3.8, 4) is 0 Å². The highest BCUT2D eigenvalue weighted by molar-refractivity contribution is 7.19. The fourth-order valence-corrected chi connectivity index (χ4v) is 6.06. The van der Waals surface area contributed by atoms with Crippen LogP contribution in [0.5, 0.6) is 0 Å². The van der Waals surface area contributed by atoms with Gasteiger partial charge in [-0.2, -0.15) is 9.97 Å². The molecule has 10 nitrogen and oxygen atoms in total. The zero-order chi connectivity index (χ0) is 26.5. The third-order valence-corrected chi connectivity index (χ3v) is 7.99. The molecule has 4 aromatic rings. The number of carbonyl (C=O) groups is 2. The van der Waals surface area contributed by atoms with E-state index in [4.69, 9.17) is 28.3 Å². The minimum Gasteiger partial charge on any atom is -0.476 e. The average molecular weight is 615 g/mol. The normalized spacial score (nSPS) is 14.1. The maximum Gasteiger partial charge on any atom is 0.356 e. The van der Waals surface area contributed by atoms with Crippen LogP contribution in [0.1, 0.15) is 90.8 Å². The summed E-state index contributed by atoms with van der Waals surface area (Å²) in [5, 5.41) is 10.4. The van der Waals surface area contributed by atoms with E-state index in [0.717, 1.165) is 40.6 Å². The van der Waals surface area contributed by atoms with Gasteiger partial charge in [-0.25, -0.2) is 24.7 Å². The molecule has 1 amide bonds. The third-order valence-electron chi connectivity index (χ3n) is 5.72. The Kier molecular flexibility index (Phi) is 12.3. The van der Waals surface area contributed by atoms with Gasteiger partial charge < -0.3 is 10.0 Å². The van der Waals surface area contributed by atoms with Crippen LogP contribution < -0.4 is 0 Å². The Balaban J connectivity index is 0.000000227. The Labute approximate surface area is 245 Å². The predicted molar refractivity (Wildman–Crippen MR) is 159 cm³/mol. The fraction of sp³-hybridized carbons (Fsp3) is 0.520. The van der Waals surface area contributed by atoms with Gasteiger partial charge in [0.25, 0.3) is 5.91 Å². The van der Waals surface area contributed by atoms with Gasteiger partial charge in [0.2, 0.25) is 10.6 Å². The molecular weight excluding hydrogens is 581 g/mol. The van der Waals surface area contributed by atoms with Crippen molar-refractivity contribution >= 4 is 78.4 Å². The maximum atomic E-state index is 12.4. The van der Waals surface area contributed by atoms with Crippen LogP contribution in [0.15, 0.2) is 0 Å². The minimum atomic E-state index is -1.12. The van der Waals surface area contributed by atoms with Gasteiger partial charge in [0, 0.05) is 13.1 Å².